The molecule has 0 radical (unpaired) electrons. The lowest BCUT2D eigenvalue weighted by Crippen LogP contribution is -2.41. The number of aromatic amines is 1. The standard InChI is InChI=1S/C15H17Cl2N5O/c1-9-18-14(21-20-9)13-4-2-3-7-22(13)15(23)19-12-6-5-10(16)8-11(12)17/h5-6,8,13H,2-4,7H2,1H3,(H,19,23)(H,18,20,21). The Balaban J connectivity index is 1.78. The molecular weight excluding hydrogens is 337 g/mol. The Bertz CT molecular complexity index is 718. The topological polar surface area (TPSA) is 73.9 Å². The number of nitrogens with one attached hydrogen (secondary N) is 2. The summed E-state index contributed by atoms with van der Waals surface area (Å²) in [5.74, 6) is 1.39. The van der Waals surface area contributed by atoms with Gasteiger partial charge in [0.1, 0.15) is 5.82 Å². The van der Waals surface area contributed by atoms with E-state index in [1.54, 1.807) is 23.1 Å². The highest BCUT2D eigenvalue weighted by Crippen LogP contribution is 2.31. The van der Waals surface area contributed by atoms with Crippen molar-refractivity contribution >= 4 is 34.9 Å². The van der Waals surface area contributed by atoms with Crippen molar-refractivity contribution in [2.75, 3.05) is 11.9 Å². The summed E-state index contributed by atoms with van der Waals surface area (Å²) >= 11 is 12.0. The van der Waals surface area contributed by atoms with Crippen molar-refractivity contribution in [3.63, 3.8) is 0 Å². The second-order valence-corrected chi connectivity index (χ2v) is 6.38. The van der Waals surface area contributed by atoms with Crippen molar-refractivity contribution in [2.45, 2.75) is 32.2 Å². The third kappa shape index (κ3) is 3.59. The zero-order chi connectivity index (χ0) is 16.4. The van der Waals surface area contributed by atoms with Gasteiger partial charge in [-0.15, -0.1) is 0 Å². The average molecular weight is 354 g/mol. The number of halogens is 2. The second-order valence-electron chi connectivity index (χ2n) is 5.54. The average Bonchev–Trinajstić information content (AvgIpc) is 2.96. The summed E-state index contributed by atoms with van der Waals surface area (Å²) in [5.41, 5.74) is 0.538. The molecule has 3 rings (SSSR count). The van der Waals surface area contributed by atoms with Gasteiger partial charge in [0.2, 0.25) is 0 Å². The van der Waals surface area contributed by atoms with Crippen molar-refractivity contribution in [1.29, 1.82) is 0 Å². The van der Waals surface area contributed by atoms with Gasteiger partial charge in [-0.3, -0.25) is 5.10 Å². The van der Waals surface area contributed by atoms with Crippen LogP contribution in [0.15, 0.2) is 18.2 Å². The number of rotatable bonds is 2. The maximum absolute atomic E-state index is 12.7. The molecule has 2 aromatic rings. The van der Waals surface area contributed by atoms with Gasteiger partial charge >= 0.3 is 6.03 Å². The van der Waals surface area contributed by atoms with Crippen LogP contribution in [-0.2, 0) is 0 Å². The van der Waals surface area contributed by atoms with Gasteiger partial charge in [-0.1, -0.05) is 23.2 Å². The predicted octanol–water partition coefficient (Wildman–Crippen LogP) is 4.18. The normalized spacial score (nSPS) is 18.0. The number of nitrogens with zero attached hydrogens (tertiary/aromatic N) is 3. The van der Waals surface area contributed by atoms with Gasteiger partial charge in [-0.05, 0) is 44.4 Å². The van der Waals surface area contributed by atoms with Crippen molar-refractivity contribution in [2.24, 2.45) is 0 Å². The number of H-pyrrole nitrogens is 1. The highest BCUT2D eigenvalue weighted by molar-refractivity contribution is 6.36. The number of anilines is 1. The number of aryl methyl sites for hydroxylation is 1. The fraction of sp³-hybridized carbons (Fsp3) is 0.400. The number of carbonyl (C=O) groups excluding carboxylic acids is 1. The fourth-order valence-corrected chi connectivity index (χ4v) is 3.19. The van der Waals surface area contributed by atoms with Crippen LogP contribution >= 0.6 is 23.2 Å². The summed E-state index contributed by atoms with van der Waals surface area (Å²) in [5, 5.41) is 10.8. The Labute approximate surface area is 144 Å². The molecule has 1 fully saturated rings. The van der Waals surface area contributed by atoms with E-state index in [1.807, 2.05) is 6.92 Å². The van der Waals surface area contributed by atoms with Crippen LogP contribution in [0.1, 0.15) is 37.0 Å². The molecule has 1 aliphatic rings. The van der Waals surface area contributed by atoms with E-state index in [1.165, 1.54) is 0 Å². The van der Waals surface area contributed by atoms with E-state index in [0.29, 0.717) is 28.1 Å². The van der Waals surface area contributed by atoms with Crippen molar-refractivity contribution in [3.05, 3.63) is 39.9 Å². The molecule has 1 saturated heterocycles. The minimum atomic E-state index is -0.207. The largest absolute Gasteiger partial charge is 0.322 e. The molecule has 2 N–H and O–H groups in total. The molecule has 1 aromatic heterocycles. The third-order valence-corrected chi connectivity index (χ3v) is 4.40. The molecule has 2 amide bonds. The number of likely N-dealkylation sites (tertiary alicyclic amines) is 1. The van der Waals surface area contributed by atoms with E-state index in [-0.39, 0.29) is 12.1 Å². The van der Waals surface area contributed by atoms with Gasteiger partial charge in [-0.25, -0.2) is 9.78 Å². The molecule has 1 aromatic carbocycles. The first kappa shape index (κ1) is 16.1. The Morgan fingerprint density at radius 1 is 1.39 bits per heavy atom. The highest BCUT2D eigenvalue weighted by atomic mass is 35.5. The monoisotopic (exact) mass is 353 g/mol. The van der Waals surface area contributed by atoms with E-state index in [2.05, 4.69) is 20.5 Å². The number of aromatic nitrogens is 3. The molecule has 23 heavy (non-hydrogen) atoms. The minimum absolute atomic E-state index is 0.125. The number of amides is 2. The van der Waals surface area contributed by atoms with Gasteiger partial charge in [-0.2, -0.15) is 5.10 Å². The van der Waals surface area contributed by atoms with Crippen molar-refractivity contribution in [3.8, 4) is 0 Å². The summed E-state index contributed by atoms with van der Waals surface area (Å²) in [6.07, 6.45) is 2.85. The predicted molar refractivity (Wildman–Crippen MR) is 89.9 cm³/mol. The molecule has 1 atom stereocenters. The Hall–Kier alpha value is -1.79. The van der Waals surface area contributed by atoms with Crippen LogP contribution in [-0.4, -0.2) is 32.7 Å². The molecule has 122 valence electrons. The van der Waals surface area contributed by atoms with E-state index < -0.39 is 0 Å². The summed E-state index contributed by atoms with van der Waals surface area (Å²) in [4.78, 5) is 18.8. The van der Waals surface area contributed by atoms with Crippen molar-refractivity contribution < 1.29 is 4.79 Å². The van der Waals surface area contributed by atoms with Crippen LogP contribution in [0.2, 0.25) is 10.0 Å². The molecule has 0 saturated carbocycles. The molecular formula is C15H17Cl2N5O. The molecule has 2 heterocycles. The lowest BCUT2D eigenvalue weighted by molar-refractivity contribution is 0.159. The number of piperidine rings is 1. The van der Waals surface area contributed by atoms with Crippen molar-refractivity contribution in [1.82, 2.24) is 20.1 Å². The summed E-state index contributed by atoms with van der Waals surface area (Å²) in [6.45, 7) is 2.51. The zero-order valence-electron chi connectivity index (χ0n) is 12.6. The summed E-state index contributed by atoms with van der Waals surface area (Å²) in [6, 6.07) is 4.65. The Kier molecular flexibility index (Phi) is 4.73. The number of hydrogen-bond donors (Lipinski definition) is 2. The molecule has 0 aliphatic carbocycles. The van der Waals surface area contributed by atoms with Crippen LogP contribution in [0.5, 0.6) is 0 Å². The maximum atomic E-state index is 12.7. The first-order valence-electron chi connectivity index (χ1n) is 7.46. The van der Waals surface area contributed by atoms with Crippen LogP contribution < -0.4 is 5.32 Å². The van der Waals surface area contributed by atoms with E-state index >= 15 is 0 Å². The smallest absolute Gasteiger partial charge is 0.314 e. The van der Waals surface area contributed by atoms with Gasteiger partial charge in [0.25, 0.3) is 0 Å². The second kappa shape index (κ2) is 6.76. The van der Waals surface area contributed by atoms with E-state index in [4.69, 9.17) is 23.2 Å². The van der Waals surface area contributed by atoms with Crippen LogP contribution in [0.3, 0.4) is 0 Å². The van der Waals surface area contributed by atoms with Crippen LogP contribution in [0.25, 0.3) is 0 Å². The van der Waals surface area contributed by atoms with Gasteiger partial charge < -0.3 is 10.2 Å². The fourth-order valence-electron chi connectivity index (χ4n) is 2.73. The molecule has 0 bridgehead atoms. The maximum Gasteiger partial charge on any atom is 0.322 e. The van der Waals surface area contributed by atoms with Gasteiger partial charge in [0, 0.05) is 11.6 Å². The van der Waals surface area contributed by atoms with Crippen LogP contribution in [0, 0.1) is 6.92 Å². The highest BCUT2D eigenvalue weighted by Gasteiger charge is 2.31. The van der Waals surface area contributed by atoms with Crippen LogP contribution in [0.4, 0.5) is 10.5 Å². The number of hydrogen-bond acceptors (Lipinski definition) is 3. The minimum Gasteiger partial charge on any atom is -0.314 e. The first-order chi connectivity index (χ1) is 11.0. The lowest BCUT2D eigenvalue weighted by Gasteiger charge is -2.34. The lowest BCUT2D eigenvalue weighted by atomic mass is 10.0. The molecule has 1 unspecified atom stereocenters. The Morgan fingerprint density at radius 2 is 2.22 bits per heavy atom. The number of carbonyl (C=O) groups is 1. The van der Waals surface area contributed by atoms with E-state index in [9.17, 15) is 4.79 Å². The van der Waals surface area contributed by atoms with Gasteiger partial charge in [0.05, 0.1) is 16.8 Å². The van der Waals surface area contributed by atoms with Gasteiger partial charge in [0.15, 0.2) is 5.82 Å². The SMILES string of the molecule is Cc1nc(C2CCCCN2C(=O)Nc2ccc(Cl)cc2Cl)n[nH]1. The molecule has 0 spiro atoms. The summed E-state index contributed by atoms with van der Waals surface area (Å²) in [7, 11) is 0. The number of benzene rings is 1. The molecule has 6 nitrogen and oxygen atoms in total. The molecule has 8 heteroatoms. The molecule has 1 aliphatic heterocycles. The Morgan fingerprint density at radius 3 is 2.91 bits per heavy atom. The quantitative estimate of drug-likeness (QED) is 0.850. The van der Waals surface area contributed by atoms with E-state index in [0.717, 1.165) is 25.1 Å². The third-order valence-electron chi connectivity index (χ3n) is 3.85. The number of urea groups is 1. The first-order valence-corrected chi connectivity index (χ1v) is 8.22. The summed E-state index contributed by atoms with van der Waals surface area (Å²) < 4.78 is 0. The zero-order valence-corrected chi connectivity index (χ0v) is 14.2.